The molecule has 20 heavy (non-hydrogen) atoms. The molecule has 0 heterocycles. The topological polar surface area (TPSA) is 55.4 Å². The molecule has 0 aliphatic heterocycles. The maximum absolute atomic E-state index is 12.3. The summed E-state index contributed by atoms with van der Waals surface area (Å²) >= 11 is 3.37. The van der Waals surface area contributed by atoms with E-state index in [4.69, 9.17) is 4.74 Å². The van der Waals surface area contributed by atoms with Gasteiger partial charge >= 0.3 is 5.97 Å². The molecule has 0 spiro atoms. The molecule has 5 heteroatoms. The Morgan fingerprint density at radius 2 is 2.05 bits per heavy atom. The van der Waals surface area contributed by atoms with Crippen LogP contribution in [0.5, 0.6) is 0 Å². The molecule has 0 radical (unpaired) electrons. The van der Waals surface area contributed by atoms with Crippen molar-refractivity contribution in [1.29, 1.82) is 0 Å². The summed E-state index contributed by atoms with van der Waals surface area (Å²) in [7, 11) is 1.32. The molecule has 0 aliphatic rings. The molecule has 1 unspecified atom stereocenters. The monoisotopic (exact) mass is 341 g/mol. The summed E-state index contributed by atoms with van der Waals surface area (Å²) in [6.45, 7) is 5.58. The Morgan fingerprint density at radius 3 is 2.55 bits per heavy atom. The number of benzene rings is 1. The number of nitrogens with one attached hydrogen (secondary N) is 1. The molecule has 0 fully saturated rings. The second-order valence-corrected chi connectivity index (χ2v) is 5.87. The summed E-state index contributed by atoms with van der Waals surface area (Å²) in [6, 6.07) is 5.46. The Morgan fingerprint density at radius 1 is 1.40 bits per heavy atom. The van der Waals surface area contributed by atoms with E-state index >= 15 is 0 Å². The molecular weight excluding hydrogens is 322 g/mol. The first kappa shape index (κ1) is 16.7. The van der Waals surface area contributed by atoms with E-state index in [1.807, 2.05) is 26.0 Å². The minimum Gasteiger partial charge on any atom is -0.467 e. The zero-order chi connectivity index (χ0) is 15.3. The number of carbonyl (C=O) groups excluding carboxylic acids is 2. The van der Waals surface area contributed by atoms with Gasteiger partial charge in [-0.15, -0.1) is 0 Å². The number of amides is 1. The van der Waals surface area contributed by atoms with E-state index in [1.54, 1.807) is 13.0 Å². The van der Waals surface area contributed by atoms with Crippen molar-refractivity contribution in [2.75, 3.05) is 7.11 Å². The third-order valence-electron chi connectivity index (χ3n) is 3.14. The van der Waals surface area contributed by atoms with Gasteiger partial charge in [0.15, 0.2) is 0 Å². The van der Waals surface area contributed by atoms with Gasteiger partial charge in [0.05, 0.1) is 12.7 Å². The predicted molar refractivity (Wildman–Crippen MR) is 81.7 cm³/mol. The molecule has 0 saturated heterocycles. The van der Waals surface area contributed by atoms with Gasteiger partial charge in [0.1, 0.15) is 5.54 Å². The van der Waals surface area contributed by atoms with Crippen LogP contribution in [0.1, 0.15) is 42.6 Å². The Kier molecular flexibility index (Phi) is 5.74. The average molecular weight is 342 g/mol. The van der Waals surface area contributed by atoms with E-state index in [-0.39, 0.29) is 5.91 Å². The van der Waals surface area contributed by atoms with Gasteiger partial charge in [-0.25, -0.2) is 4.79 Å². The van der Waals surface area contributed by atoms with Crippen LogP contribution in [-0.4, -0.2) is 24.5 Å². The lowest BCUT2D eigenvalue weighted by Crippen LogP contribution is -2.52. The van der Waals surface area contributed by atoms with Gasteiger partial charge < -0.3 is 10.1 Å². The van der Waals surface area contributed by atoms with Gasteiger partial charge in [0.25, 0.3) is 5.91 Å². The fourth-order valence-electron chi connectivity index (χ4n) is 2.06. The maximum Gasteiger partial charge on any atom is 0.331 e. The van der Waals surface area contributed by atoms with Gasteiger partial charge in [-0.3, -0.25) is 4.79 Å². The van der Waals surface area contributed by atoms with E-state index in [0.29, 0.717) is 16.5 Å². The fourth-order valence-corrected chi connectivity index (χ4v) is 2.74. The SMILES string of the molecule is CCCC(C)(NC(=O)c1ccc(C)cc1Br)C(=O)OC. The van der Waals surface area contributed by atoms with Crippen molar-refractivity contribution in [3.63, 3.8) is 0 Å². The van der Waals surface area contributed by atoms with Gasteiger partial charge in [0, 0.05) is 4.47 Å². The number of carbonyl (C=O) groups is 2. The molecule has 0 aromatic heterocycles. The van der Waals surface area contributed by atoms with E-state index in [1.165, 1.54) is 7.11 Å². The van der Waals surface area contributed by atoms with E-state index in [0.717, 1.165) is 12.0 Å². The van der Waals surface area contributed by atoms with Crippen molar-refractivity contribution in [2.24, 2.45) is 0 Å². The van der Waals surface area contributed by atoms with Crippen LogP contribution in [0.3, 0.4) is 0 Å². The van der Waals surface area contributed by atoms with Gasteiger partial charge in [-0.2, -0.15) is 0 Å². The molecule has 1 aromatic carbocycles. The third kappa shape index (κ3) is 3.82. The van der Waals surface area contributed by atoms with Crippen molar-refractivity contribution in [3.05, 3.63) is 33.8 Å². The quantitative estimate of drug-likeness (QED) is 0.836. The molecule has 1 rings (SSSR count). The van der Waals surface area contributed by atoms with Crippen LogP contribution < -0.4 is 5.32 Å². The van der Waals surface area contributed by atoms with Crippen LogP contribution in [0.2, 0.25) is 0 Å². The van der Waals surface area contributed by atoms with Crippen molar-refractivity contribution in [2.45, 2.75) is 39.2 Å². The van der Waals surface area contributed by atoms with Crippen LogP contribution in [0.25, 0.3) is 0 Å². The maximum atomic E-state index is 12.3. The zero-order valence-corrected chi connectivity index (χ0v) is 13.8. The summed E-state index contributed by atoms with van der Waals surface area (Å²) < 4.78 is 5.50. The molecule has 1 amide bonds. The predicted octanol–water partition coefficient (Wildman–Crippen LogP) is 3.22. The number of hydrogen-bond acceptors (Lipinski definition) is 3. The fraction of sp³-hybridized carbons (Fsp3) is 0.467. The molecule has 1 atom stereocenters. The Labute approximate surface area is 128 Å². The number of rotatable bonds is 5. The van der Waals surface area contributed by atoms with E-state index in [9.17, 15) is 9.59 Å². The van der Waals surface area contributed by atoms with E-state index < -0.39 is 11.5 Å². The standard InChI is InChI=1S/C15H20BrNO3/c1-5-8-15(3,14(19)20-4)17-13(18)11-7-6-10(2)9-12(11)16/h6-7,9H,5,8H2,1-4H3,(H,17,18). The molecule has 1 N–H and O–H groups in total. The molecule has 110 valence electrons. The van der Waals surface area contributed by atoms with Crippen LogP contribution >= 0.6 is 15.9 Å². The van der Waals surface area contributed by atoms with Crippen molar-refractivity contribution in [1.82, 2.24) is 5.32 Å². The average Bonchev–Trinajstić information content (AvgIpc) is 2.37. The summed E-state index contributed by atoms with van der Waals surface area (Å²) in [6.07, 6.45) is 1.29. The van der Waals surface area contributed by atoms with Crippen LogP contribution in [0, 0.1) is 6.92 Å². The highest BCUT2D eigenvalue weighted by Gasteiger charge is 2.35. The van der Waals surface area contributed by atoms with Crippen LogP contribution in [-0.2, 0) is 9.53 Å². The lowest BCUT2D eigenvalue weighted by molar-refractivity contribution is -0.147. The minimum absolute atomic E-state index is 0.293. The lowest BCUT2D eigenvalue weighted by atomic mass is 9.95. The molecule has 0 bridgehead atoms. The van der Waals surface area contributed by atoms with Gasteiger partial charge in [-0.1, -0.05) is 19.4 Å². The smallest absolute Gasteiger partial charge is 0.331 e. The molecule has 0 aliphatic carbocycles. The molecule has 0 saturated carbocycles. The first-order valence-electron chi connectivity index (χ1n) is 6.51. The van der Waals surface area contributed by atoms with Gasteiger partial charge in [-0.05, 0) is 53.9 Å². The zero-order valence-electron chi connectivity index (χ0n) is 12.2. The summed E-state index contributed by atoms with van der Waals surface area (Å²) in [4.78, 5) is 24.2. The number of hydrogen-bond donors (Lipinski definition) is 1. The number of methoxy groups -OCH3 is 1. The number of halogens is 1. The Balaban J connectivity index is 2.99. The summed E-state index contributed by atoms with van der Waals surface area (Å²) in [5, 5.41) is 2.78. The van der Waals surface area contributed by atoms with Crippen molar-refractivity contribution < 1.29 is 14.3 Å². The van der Waals surface area contributed by atoms with E-state index in [2.05, 4.69) is 21.2 Å². The molecule has 4 nitrogen and oxygen atoms in total. The lowest BCUT2D eigenvalue weighted by Gasteiger charge is -2.27. The highest BCUT2D eigenvalue weighted by molar-refractivity contribution is 9.10. The normalized spacial score (nSPS) is 13.4. The second-order valence-electron chi connectivity index (χ2n) is 5.01. The molecule has 1 aromatic rings. The Hall–Kier alpha value is -1.36. The second kappa shape index (κ2) is 6.88. The third-order valence-corrected chi connectivity index (χ3v) is 3.80. The minimum atomic E-state index is -1.01. The number of ether oxygens (including phenoxy) is 1. The summed E-state index contributed by atoms with van der Waals surface area (Å²) in [5.74, 6) is -0.728. The van der Waals surface area contributed by atoms with Gasteiger partial charge in [0.2, 0.25) is 0 Å². The Bertz CT molecular complexity index is 516. The van der Waals surface area contributed by atoms with Crippen LogP contribution in [0.15, 0.2) is 22.7 Å². The number of aryl methyl sites for hydroxylation is 1. The highest BCUT2D eigenvalue weighted by atomic mass is 79.9. The number of esters is 1. The largest absolute Gasteiger partial charge is 0.467 e. The first-order chi connectivity index (χ1) is 9.34. The van der Waals surface area contributed by atoms with Crippen molar-refractivity contribution in [3.8, 4) is 0 Å². The first-order valence-corrected chi connectivity index (χ1v) is 7.30. The van der Waals surface area contributed by atoms with Crippen molar-refractivity contribution >= 4 is 27.8 Å². The highest BCUT2D eigenvalue weighted by Crippen LogP contribution is 2.21. The summed E-state index contributed by atoms with van der Waals surface area (Å²) in [5.41, 5.74) is 0.546. The van der Waals surface area contributed by atoms with Crippen LogP contribution in [0.4, 0.5) is 0 Å². The molecular formula is C15H20BrNO3.